The van der Waals surface area contributed by atoms with Gasteiger partial charge in [0.05, 0.1) is 0 Å². The van der Waals surface area contributed by atoms with Crippen molar-refractivity contribution in [2.45, 2.75) is 18.9 Å². The highest BCUT2D eigenvalue weighted by Crippen LogP contribution is 2.22. The molecule has 0 saturated carbocycles. The van der Waals surface area contributed by atoms with Gasteiger partial charge in [-0.1, -0.05) is 12.1 Å². The van der Waals surface area contributed by atoms with Crippen LogP contribution in [0.25, 0.3) is 0 Å². The molecule has 0 fully saturated rings. The van der Waals surface area contributed by atoms with E-state index in [2.05, 4.69) is 10.4 Å². The minimum Gasteiger partial charge on any atom is -0.338 e. The van der Waals surface area contributed by atoms with Gasteiger partial charge in [-0.05, 0) is 12.5 Å². The summed E-state index contributed by atoms with van der Waals surface area (Å²) in [5, 5.41) is 0. The van der Waals surface area contributed by atoms with Crippen molar-refractivity contribution >= 4 is 0 Å². The van der Waals surface area contributed by atoms with Crippen LogP contribution in [0.1, 0.15) is 23.9 Å². The Bertz CT molecular complexity index is 553. The number of nitrogens with two attached hydrogens (primary N) is 1. The highest BCUT2D eigenvalue weighted by atomic mass is 19.2. The molecule has 0 aliphatic heterocycles. The molecule has 1 heterocycles. The Labute approximate surface area is 110 Å². The smallest absolute Gasteiger partial charge is 0.163 e. The van der Waals surface area contributed by atoms with Crippen LogP contribution in [0, 0.1) is 11.6 Å². The van der Waals surface area contributed by atoms with Crippen molar-refractivity contribution in [2.75, 3.05) is 0 Å². The van der Waals surface area contributed by atoms with Crippen molar-refractivity contribution in [1.82, 2.24) is 15.0 Å². The van der Waals surface area contributed by atoms with E-state index >= 15 is 0 Å². The maximum atomic E-state index is 13.7. The second-order valence-corrected chi connectivity index (χ2v) is 4.36. The van der Waals surface area contributed by atoms with E-state index in [4.69, 9.17) is 5.84 Å². The Kier molecular flexibility index (Phi) is 4.24. The molecule has 0 saturated heterocycles. The van der Waals surface area contributed by atoms with Crippen molar-refractivity contribution < 1.29 is 8.78 Å². The van der Waals surface area contributed by atoms with Gasteiger partial charge >= 0.3 is 0 Å². The van der Waals surface area contributed by atoms with Gasteiger partial charge in [-0.15, -0.1) is 0 Å². The van der Waals surface area contributed by atoms with E-state index < -0.39 is 17.7 Å². The topological polar surface area (TPSA) is 55.9 Å². The molecule has 4 nitrogen and oxygen atoms in total. The van der Waals surface area contributed by atoms with E-state index in [1.165, 1.54) is 12.1 Å². The zero-order valence-corrected chi connectivity index (χ0v) is 10.6. The van der Waals surface area contributed by atoms with Gasteiger partial charge in [0.2, 0.25) is 0 Å². The third kappa shape index (κ3) is 2.97. The van der Waals surface area contributed by atoms with Gasteiger partial charge < -0.3 is 4.57 Å². The summed E-state index contributed by atoms with van der Waals surface area (Å²) in [5.41, 5.74) is 2.76. The number of rotatable bonds is 5. The molecule has 19 heavy (non-hydrogen) atoms. The fourth-order valence-electron chi connectivity index (χ4n) is 2.03. The van der Waals surface area contributed by atoms with Crippen LogP contribution in [0.15, 0.2) is 30.6 Å². The van der Waals surface area contributed by atoms with E-state index in [1.807, 2.05) is 17.8 Å². The Morgan fingerprint density at radius 3 is 2.84 bits per heavy atom. The van der Waals surface area contributed by atoms with Crippen LogP contribution in [0.5, 0.6) is 0 Å². The Balaban J connectivity index is 2.12. The van der Waals surface area contributed by atoms with Gasteiger partial charge in [-0.3, -0.25) is 11.3 Å². The lowest BCUT2D eigenvalue weighted by Crippen LogP contribution is -2.29. The molecular weight excluding hydrogens is 250 g/mol. The monoisotopic (exact) mass is 266 g/mol. The Morgan fingerprint density at radius 1 is 1.42 bits per heavy atom. The predicted molar refractivity (Wildman–Crippen MR) is 68.0 cm³/mol. The fraction of sp³-hybridized carbons (Fsp3) is 0.308. The lowest BCUT2D eigenvalue weighted by molar-refractivity contribution is 0.449. The first-order valence-electron chi connectivity index (χ1n) is 5.99. The van der Waals surface area contributed by atoms with Crippen molar-refractivity contribution in [1.29, 1.82) is 0 Å². The van der Waals surface area contributed by atoms with Crippen molar-refractivity contribution in [2.24, 2.45) is 12.9 Å². The number of nitrogens with zero attached hydrogens (tertiary/aromatic N) is 2. The van der Waals surface area contributed by atoms with Gasteiger partial charge in [0.25, 0.3) is 0 Å². The maximum Gasteiger partial charge on any atom is 0.163 e. The number of hydrogen-bond donors (Lipinski definition) is 2. The molecule has 6 heteroatoms. The number of nitrogens with one attached hydrogen (secondary N) is 1. The number of benzene rings is 1. The highest BCUT2D eigenvalue weighted by molar-refractivity contribution is 5.22. The molecule has 1 aromatic carbocycles. The molecule has 0 bridgehead atoms. The summed E-state index contributed by atoms with van der Waals surface area (Å²) in [4.78, 5) is 4.18. The molecular formula is C13H16F2N4. The van der Waals surface area contributed by atoms with Crippen LogP contribution in [0.2, 0.25) is 0 Å². The largest absolute Gasteiger partial charge is 0.338 e. The second kappa shape index (κ2) is 5.90. The van der Waals surface area contributed by atoms with Gasteiger partial charge in [-0.2, -0.15) is 0 Å². The molecule has 0 radical (unpaired) electrons. The van der Waals surface area contributed by atoms with Crippen molar-refractivity contribution in [3.05, 3.63) is 53.6 Å². The Morgan fingerprint density at radius 2 is 2.21 bits per heavy atom. The first kappa shape index (κ1) is 13.6. The normalized spacial score (nSPS) is 12.6. The number of imidazole rings is 1. The summed E-state index contributed by atoms with van der Waals surface area (Å²) in [7, 11) is 1.88. The molecule has 0 spiro atoms. The van der Waals surface area contributed by atoms with E-state index in [0.29, 0.717) is 12.8 Å². The van der Waals surface area contributed by atoms with Gasteiger partial charge in [0.1, 0.15) is 5.82 Å². The molecule has 1 atom stereocenters. The summed E-state index contributed by atoms with van der Waals surface area (Å²) in [5.74, 6) is 4.59. The zero-order valence-electron chi connectivity index (χ0n) is 10.6. The summed E-state index contributed by atoms with van der Waals surface area (Å²) in [6, 6.07) is 3.64. The van der Waals surface area contributed by atoms with E-state index in [0.717, 1.165) is 11.9 Å². The molecule has 2 rings (SSSR count). The van der Waals surface area contributed by atoms with E-state index in [-0.39, 0.29) is 5.56 Å². The van der Waals surface area contributed by atoms with Crippen molar-refractivity contribution in [3.63, 3.8) is 0 Å². The molecule has 0 aliphatic rings. The molecule has 1 aromatic heterocycles. The molecule has 2 aromatic rings. The van der Waals surface area contributed by atoms with Gasteiger partial charge in [0.15, 0.2) is 11.6 Å². The SMILES string of the molecule is Cn1ccnc1CCC(NN)c1cccc(F)c1F. The quantitative estimate of drug-likeness (QED) is 0.641. The average molecular weight is 266 g/mol. The molecule has 0 amide bonds. The first-order chi connectivity index (χ1) is 9.13. The summed E-state index contributed by atoms with van der Waals surface area (Å²) in [6.07, 6.45) is 4.68. The lowest BCUT2D eigenvalue weighted by Gasteiger charge is -2.17. The standard InChI is InChI=1S/C13H16F2N4/c1-19-8-7-17-12(19)6-5-11(18-16)9-3-2-4-10(14)13(9)15/h2-4,7-8,11,18H,5-6,16H2,1H3. The van der Waals surface area contributed by atoms with E-state index in [1.54, 1.807) is 6.20 Å². The average Bonchev–Trinajstić information content (AvgIpc) is 2.80. The van der Waals surface area contributed by atoms with Crippen LogP contribution in [0.3, 0.4) is 0 Å². The summed E-state index contributed by atoms with van der Waals surface area (Å²) >= 11 is 0. The third-order valence-electron chi connectivity index (χ3n) is 3.14. The first-order valence-corrected chi connectivity index (χ1v) is 5.99. The van der Waals surface area contributed by atoms with Crippen molar-refractivity contribution in [3.8, 4) is 0 Å². The number of hydrazine groups is 1. The highest BCUT2D eigenvalue weighted by Gasteiger charge is 2.17. The third-order valence-corrected chi connectivity index (χ3v) is 3.14. The van der Waals surface area contributed by atoms with Crippen LogP contribution < -0.4 is 11.3 Å². The predicted octanol–water partition coefficient (Wildman–Crippen LogP) is 1.84. The zero-order chi connectivity index (χ0) is 13.8. The van der Waals surface area contributed by atoms with E-state index in [9.17, 15) is 8.78 Å². The minimum atomic E-state index is -0.866. The number of aryl methyl sites for hydroxylation is 2. The minimum absolute atomic E-state index is 0.233. The summed E-state index contributed by atoms with van der Waals surface area (Å²) < 4.78 is 28.8. The fourth-order valence-corrected chi connectivity index (χ4v) is 2.03. The Hall–Kier alpha value is -1.79. The van der Waals surface area contributed by atoms with Crippen LogP contribution in [0.4, 0.5) is 8.78 Å². The molecule has 3 N–H and O–H groups in total. The molecule has 0 aliphatic carbocycles. The lowest BCUT2D eigenvalue weighted by atomic mass is 10.0. The van der Waals surface area contributed by atoms with Gasteiger partial charge in [-0.25, -0.2) is 13.8 Å². The maximum absolute atomic E-state index is 13.7. The summed E-state index contributed by atoms with van der Waals surface area (Å²) in [6.45, 7) is 0. The van der Waals surface area contributed by atoms with Crippen LogP contribution in [-0.2, 0) is 13.5 Å². The number of aromatic nitrogens is 2. The van der Waals surface area contributed by atoms with Crippen LogP contribution >= 0.6 is 0 Å². The van der Waals surface area contributed by atoms with Gasteiger partial charge in [0, 0.05) is 37.5 Å². The second-order valence-electron chi connectivity index (χ2n) is 4.36. The van der Waals surface area contributed by atoms with Crippen LogP contribution in [-0.4, -0.2) is 9.55 Å². The molecule has 102 valence electrons. The number of halogens is 2. The molecule has 1 unspecified atom stereocenters. The number of hydrogen-bond acceptors (Lipinski definition) is 3.